The quantitative estimate of drug-likeness (QED) is 0.911. The van der Waals surface area contributed by atoms with Gasteiger partial charge in [-0.2, -0.15) is 0 Å². The standard InChI is InChI=1S/C15H18N4O2/c20-14(21)12-17-8-10-18(11-9-17)15-16-6-7-19(15)13-4-2-1-3-5-13/h1-7H,8-12H2,(H,20,21). The number of para-hydroxylation sites is 1. The van der Waals surface area contributed by atoms with E-state index >= 15 is 0 Å². The zero-order chi connectivity index (χ0) is 14.7. The number of rotatable bonds is 4. The van der Waals surface area contributed by atoms with Gasteiger partial charge >= 0.3 is 5.97 Å². The molecule has 1 saturated heterocycles. The van der Waals surface area contributed by atoms with Crippen LogP contribution in [-0.4, -0.2) is 58.3 Å². The van der Waals surface area contributed by atoms with Crippen molar-refractivity contribution in [3.05, 3.63) is 42.7 Å². The molecular weight excluding hydrogens is 268 g/mol. The number of anilines is 1. The first-order valence-corrected chi connectivity index (χ1v) is 7.02. The van der Waals surface area contributed by atoms with Crippen LogP contribution in [0.2, 0.25) is 0 Å². The minimum atomic E-state index is -0.769. The second kappa shape index (κ2) is 5.97. The van der Waals surface area contributed by atoms with Gasteiger partial charge in [-0.1, -0.05) is 18.2 Å². The Labute approximate surface area is 123 Å². The molecule has 0 aliphatic carbocycles. The molecule has 1 aromatic heterocycles. The lowest BCUT2D eigenvalue weighted by atomic mass is 10.3. The third kappa shape index (κ3) is 3.05. The maximum absolute atomic E-state index is 10.7. The topological polar surface area (TPSA) is 61.6 Å². The first-order chi connectivity index (χ1) is 10.2. The number of nitrogens with zero attached hydrogens (tertiary/aromatic N) is 4. The van der Waals surface area contributed by atoms with Gasteiger partial charge < -0.3 is 10.0 Å². The fourth-order valence-electron chi connectivity index (χ4n) is 2.62. The summed E-state index contributed by atoms with van der Waals surface area (Å²) in [5.41, 5.74) is 1.08. The molecule has 1 fully saturated rings. The van der Waals surface area contributed by atoms with Crippen LogP contribution < -0.4 is 4.90 Å². The lowest BCUT2D eigenvalue weighted by Crippen LogP contribution is -2.48. The molecule has 0 unspecified atom stereocenters. The zero-order valence-electron chi connectivity index (χ0n) is 11.7. The van der Waals surface area contributed by atoms with Crippen LogP contribution in [0.5, 0.6) is 0 Å². The molecule has 1 aliphatic rings. The summed E-state index contributed by atoms with van der Waals surface area (Å²) in [6.45, 7) is 3.18. The maximum atomic E-state index is 10.7. The monoisotopic (exact) mass is 286 g/mol. The molecule has 6 heteroatoms. The van der Waals surface area contributed by atoms with Crippen molar-refractivity contribution in [2.24, 2.45) is 0 Å². The number of carbonyl (C=O) groups is 1. The van der Waals surface area contributed by atoms with Gasteiger partial charge in [0.2, 0.25) is 5.95 Å². The van der Waals surface area contributed by atoms with E-state index in [-0.39, 0.29) is 6.54 Å². The third-order valence-corrected chi connectivity index (χ3v) is 3.67. The molecule has 0 radical (unpaired) electrons. The molecule has 3 rings (SSSR count). The number of piperazine rings is 1. The highest BCUT2D eigenvalue weighted by Crippen LogP contribution is 2.19. The highest BCUT2D eigenvalue weighted by Gasteiger charge is 2.21. The summed E-state index contributed by atoms with van der Waals surface area (Å²) in [6.07, 6.45) is 3.75. The third-order valence-electron chi connectivity index (χ3n) is 3.67. The number of hydrogen-bond acceptors (Lipinski definition) is 4. The van der Waals surface area contributed by atoms with Crippen molar-refractivity contribution < 1.29 is 9.90 Å². The van der Waals surface area contributed by atoms with Gasteiger partial charge in [-0.15, -0.1) is 0 Å². The largest absolute Gasteiger partial charge is 0.480 e. The van der Waals surface area contributed by atoms with Crippen LogP contribution in [0.25, 0.3) is 5.69 Å². The number of hydrogen-bond donors (Lipinski definition) is 1. The summed E-state index contributed by atoms with van der Waals surface area (Å²) in [5, 5.41) is 8.84. The van der Waals surface area contributed by atoms with E-state index in [4.69, 9.17) is 5.11 Å². The molecule has 0 amide bonds. The van der Waals surface area contributed by atoms with Gasteiger partial charge in [0.1, 0.15) is 0 Å². The lowest BCUT2D eigenvalue weighted by molar-refractivity contribution is -0.138. The number of imidazole rings is 1. The van der Waals surface area contributed by atoms with E-state index in [0.29, 0.717) is 0 Å². The smallest absolute Gasteiger partial charge is 0.317 e. The van der Waals surface area contributed by atoms with Crippen LogP contribution >= 0.6 is 0 Å². The van der Waals surface area contributed by atoms with Crippen LogP contribution in [0.4, 0.5) is 5.95 Å². The van der Waals surface area contributed by atoms with Crippen molar-refractivity contribution in [3.63, 3.8) is 0 Å². The van der Waals surface area contributed by atoms with E-state index < -0.39 is 5.97 Å². The van der Waals surface area contributed by atoms with Gasteiger partial charge in [0, 0.05) is 44.3 Å². The predicted octanol–water partition coefficient (Wildman–Crippen LogP) is 1.08. The Morgan fingerprint density at radius 1 is 1.14 bits per heavy atom. The molecule has 2 heterocycles. The molecule has 0 spiro atoms. The highest BCUT2D eigenvalue weighted by atomic mass is 16.4. The Bertz CT molecular complexity index is 603. The number of aliphatic carboxylic acids is 1. The van der Waals surface area contributed by atoms with Crippen molar-refractivity contribution in [2.45, 2.75) is 0 Å². The normalized spacial score (nSPS) is 16.1. The van der Waals surface area contributed by atoms with Gasteiger partial charge in [-0.3, -0.25) is 14.3 Å². The fraction of sp³-hybridized carbons (Fsp3) is 0.333. The van der Waals surface area contributed by atoms with E-state index in [1.807, 2.05) is 41.4 Å². The summed E-state index contributed by atoms with van der Waals surface area (Å²) in [7, 11) is 0. The molecule has 21 heavy (non-hydrogen) atoms. The summed E-state index contributed by atoms with van der Waals surface area (Å²) >= 11 is 0. The van der Waals surface area contributed by atoms with Crippen LogP contribution in [0.1, 0.15) is 0 Å². The predicted molar refractivity (Wildman–Crippen MR) is 79.9 cm³/mol. The Morgan fingerprint density at radius 3 is 2.52 bits per heavy atom. The Morgan fingerprint density at radius 2 is 1.86 bits per heavy atom. The molecule has 1 aliphatic heterocycles. The minimum Gasteiger partial charge on any atom is -0.480 e. The average molecular weight is 286 g/mol. The van der Waals surface area contributed by atoms with Gasteiger partial charge in [0.25, 0.3) is 0 Å². The molecule has 1 N–H and O–H groups in total. The van der Waals surface area contributed by atoms with E-state index in [1.165, 1.54) is 0 Å². The molecule has 0 saturated carbocycles. The summed E-state index contributed by atoms with van der Waals surface area (Å²) < 4.78 is 2.06. The molecule has 0 bridgehead atoms. The number of carboxylic acid groups (broad SMARTS) is 1. The number of carboxylic acids is 1. The van der Waals surface area contributed by atoms with Gasteiger partial charge in [0.15, 0.2) is 0 Å². The second-order valence-corrected chi connectivity index (χ2v) is 5.09. The Balaban J connectivity index is 1.72. The molecule has 6 nitrogen and oxygen atoms in total. The van der Waals surface area contributed by atoms with Crippen LogP contribution in [0.15, 0.2) is 42.7 Å². The minimum absolute atomic E-state index is 0.112. The van der Waals surface area contributed by atoms with E-state index in [2.05, 4.69) is 14.5 Å². The van der Waals surface area contributed by atoms with Crippen molar-refractivity contribution in [1.82, 2.24) is 14.5 Å². The summed E-state index contributed by atoms with van der Waals surface area (Å²) in [6, 6.07) is 10.1. The Kier molecular flexibility index (Phi) is 3.87. The van der Waals surface area contributed by atoms with E-state index in [1.54, 1.807) is 6.20 Å². The van der Waals surface area contributed by atoms with Gasteiger partial charge in [-0.05, 0) is 12.1 Å². The van der Waals surface area contributed by atoms with Crippen molar-refractivity contribution >= 4 is 11.9 Å². The molecule has 110 valence electrons. The van der Waals surface area contributed by atoms with Crippen molar-refractivity contribution in [1.29, 1.82) is 0 Å². The van der Waals surface area contributed by atoms with Crippen LogP contribution in [-0.2, 0) is 4.79 Å². The van der Waals surface area contributed by atoms with Gasteiger partial charge in [-0.25, -0.2) is 4.98 Å². The summed E-state index contributed by atoms with van der Waals surface area (Å²) in [4.78, 5) is 19.4. The first kappa shape index (κ1) is 13.6. The van der Waals surface area contributed by atoms with E-state index in [0.717, 1.165) is 37.8 Å². The summed E-state index contributed by atoms with van der Waals surface area (Å²) in [5.74, 6) is 0.144. The van der Waals surface area contributed by atoms with Crippen molar-refractivity contribution in [3.8, 4) is 5.69 Å². The molecule has 1 aromatic carbocycles. The average Bonchev–Trinajstić information content (AvgIpc) is 2.98. The fourth-order valence-corrected chi connectivity index (χ4v) is 2.62. The lowest BCUT2D eigenvalue weighted by Gasteiger charge is -2.34. The van der Waals surface area contributed by atoms with Crippen molar-refractivity contribution in [2.75, 3.05) is 37.6 Å². The Hall–Kier alpha value is -2.34. The van der Waals surface area contributed by atoms with Crippen LogP contribution in [0, 0.1) is 0 Å². The number of aromatic nitrogens is 2. The van der Waals surface area contributed by atoms with E-state index in [9.17, 15) is 4.79 Å². The first-order valence-electron chi connectivity index (χ1n) is 7.02. The van der Waals surface area contributed by atoms with Crippen LogP contribution in [0.3, 0.4) is 0 Å². The molecule has 2 aromatic rings. The molecule has 0 atom stereocenters. The van der Waals surface area contributed by atoms with Gasteiger partial charge in [0.05, 0.1) is 6.54 Å². The second-order valence-electron chi connectivity index (χ2n) is 5.09. The number of benzene rings is 1. The highest BCUT2D eigenvalue weighted by molar-refractivity contribution is 5.69. The SMILES string of the molecule is O=C(O)CN1CCN(c2nccn2-c2ccccc2)CC1. The molecular formula is C15H18N4O2. The maximum Gasteiger partial charge on any atom is 0.317 e. The zero-order valence-corrected chi connectivity index (χ0v) is 11.7.